The van der Waals surface area contributed by atoms with Gasteiger partial charge in [-0.25, -0.2) is 0 Å². The molecule has 1 unspecified atom stereocenters. The summed E-state index contributed by atoms with van der Waals surface area (Å²) in [6.07, 6.45) is 1.30. The second-order valence-corrected chi connectivity index (χ2v) is 5.30. The van der Waals surface area contributed by atoms with Crippen LogP contribution in [0.25, 0.3) is 0 Å². The van der Waals surface area contributed by atoms with E-state index in [0.29, 0.717) is 6.42 Å². The third-order valence-corrected chi connectivity index (χ3v) is 3.33. The van der Waals surface area contributed by atoms with Crippen molar-refractivity contribution < 1.29 is 5.11 Å². The Bertz CT molecular complexity index is 291. The van der Waals surface area contributed by atoms with E-state index in [-0.39, 0.29) is 6.10 Å². The van der Waals surface area contributed by atoms with Gasteiger partial charge in [0.05, 0.1) is 6.10 Å². The average molecular weight is 245 g/mol. The van der Waals surface area contributed by atoms with Gasteiger partial charge in [0.25, 0.3) is 0 Å². The van der Waals surface area contributed by atoms with E-state index in [0.717, 1.165) is 28.5 Å². The lowest BCUT2D eigenvalue weighted by molar-refractivity contribution is 0.172. The van der Waals surface area contributed by atoms with Gasteiger partial charge >= 0.3 is 0 Å². The molecular formula is C12H17ClOS. The second-order valence-electron chi connectivity index (χ2n) is 3.47. The second kappa shape index (κ2) is 7.15. The molecule has 1 nitrogen and oxygen atoms in total. The lowest BCUT2D eigenvalue weighted by atomic mass is 10.1. The van der Waals surface area contributed by atoms with Crippen LogP contribution in [0.3, 0.4) is 0 Å². The van der Waals surface area contributed by atoms with Gasteiger partial charge in [0, 0.05) is 5.02 Å². The number of hydrogen-bond acceptors (Lipinski definition) is 2. The van der Waals surface area contributed by atoms with Crippen molar-refractivity contribution >= 4 is 23.4 Å². The van der Waals surface area contributed by atoms with Gasteiger partial charge in [0.1, 0.15) is 0 Å². The zero-order valence-electron chi connectivity index (χ0n) is 8.95. The third kappa shape index (κ3) is 5.45. The summed E-state index contributed by atoms with van der Waals surface area (Å²) in [6, 6.07) is 7.69. The van der Waals surface area contributed by atoms with E-state index in [1.54, 1.807) is 0 Å². The SMILES string of the molecule is CCSCCC(O)Cc1cccc(Cl)c1. The summed E-state index contributed by atoms with van der Waals surface area (Å²) in [4.78, 5) is 0. The van der Waals surface area contributed by atoms with Crippen LogP contribution in [0.2, 0.25) is 5.02 Å². The van der Waals surface area contributed by atoms with Gasteiger partial charge in [-0.2, -0.15) is 11.8 Å². The first-order chi connectivity index (χ1) is 7.22. The van der Waals surface area contributed by atoms with Crippen molar-refractivity contribution in [2.75, 3.05) is 11.5 Å². The van der Waals surface area contributed by atoms with Crippen molar-refractivity contribution in [3.8, 4) is 0 Å². The van der Waals surface area contributed by atoms with Crippen molar-refractivity contribution in [2.45, 2.75) is 25.9 Å². The third-order valence-electron chi connectivity index (χ3n) is 2.16. The Kier molecular flexibility index (Phi) is 6.15. The Balaban J connectivity index is 2.34. The Hall–Kier alpha value is -0.180. The smallest absolute Gasteiger partial charge is 0.0588 e. The van der Waals surface area contributed by atoms with E-state index in [9.17, 15) is 5.11 Å². The van der Waals surface area contributed by atoms with E-state index in [1.165, 1.54) is 0 Å². The first-order valence-corrected chi connectivity index (χ1v) is 6.76. The molecule has 0 aromatic heterocycles. The number of rotatable bonds is 6. The minimum atomic E-state index is -0.248. The number of thioether (sulfide) groups is 1. The summed E-state index contributed by atoms with van der Waals surface area (Å²) < 4.78 is 0. The highest BCUT2D eigenvalue weighted by Gasteiger charge is 2.05. The van der Waals surface area contributed by atoms with E-state index < -0.39 is 0 Å². The fourth-order valence-corrected chi connectivity index (χ4v) is 2.34. The van der Waals surface area contributed by atoms with E-state index >= 15 is 0 Å². The summed E-state index contributed by atoms with van der Waals surface area (Å²) in [5.74, 6) is 2.14. The van der Waals surface area contributed by atoms with Crippen LogP contribution in [0, 0.1) is 0 Å². The monoisotopic (exact) mass is 244 g/mol. The molecule has 0 heterocycles. The van der Waals surface area contributed by atoms with Gasteiger partial charge < -0.3 is 5.11 Å². The molecule has 3 heteroatoms. The van der Waals surface area contributed by atoms with Crippen LogP contribution in [0.5, 0.6) is 0 Å². The fourth-order valence-electron chi connectivity index (χ4n) is 1.40. The predicted octanol–water partition coefficient (Wildman–Crippen LogP) is 3.39. The van der Waals surface area contributed by atoms with Crippen molar-refractivity contribution in [2.24, 2.45) is 0 Å². The molecule has 0 aliphatic heterocycles. The molecule has 84 valence electrons. The largest absolute Gasteiger partial charge is 0.393 e. The van der Waals surface area contributed by atoms with Crippen LogP contribution in [0.4, 0.5) is 0 Å². The van der Waals surface area contributed by atoms with Gasteiger partial charge in [0.15, 0.2) is 0 Å². The van der Waals surface area contributed by atoms with Crippen LogP contribution in [0.15, 0.2) is 24.3 Å². The maximum Gasteiger partial charge on any atom is 0.0588 e. The van der Waals surface area contributed by atoms with Crippen LogP contribution < -0.4 is 0 Å². The summed E-state index contributed by atoms with van der Waals surface area (Å²) in [5.41, 5.74) is 1.11. The van der Waals surface area contributed by atoms with Crippen molar-refractivity contribution in [1.82, 2.24) is 0 Å². The molecule has 15 heavy (non-hydrogen) atoms. The zero-order valence-corrected chi connectivity index (χ0v) is 10.5. The minimum absolute atomic E-state index is 0.248. The van der Waals surface area contributed by atoms with Crippen molar-refractivity contribution in [3.05, 3.63) is 34.9 Å². The van der Waals surface area contributed by atoms with Crippen LogP contribution in [-0.4, -0.2) is 22.7 Å². The Morgan fingerprint density at radius 1 is 1.47 bits per heavy atom. The summed E-state index contributed by atoms with van der Waals surface area (Å²) in [5, 5.41) is 10.5. The minimum Gasteiger partial charge on any atom is -0.393 e. The number of aliphatic hydroxyl groups is 1. The first-order valence-electron chi connectivity index (χ1n) is 5.22. The summed E-state index contributed by atoms with van der Waals surface area (Å²) in [7, 11) is 0. The number of benzene rings is 1. The molecule has 0 aliphatic rings. The Morgan fingerprint density at radius 2 is 2.27 bits per heavy atom. The lowest BCUT2D eigenvalue weighted by Gasteiger charge is -2.10. The van der Waals surface area contributed by atoms with E-state index in [4.69, 9.17) is 11.6 Å². The quantitative estimate of drug-likeness (QED) is 0.775. The van der Waals surface area contributed by atoms with Crippen LogP contribution >= 0.6 is 23.4 Å². The molecule has 0 radical (unpaired) electrons. The topological polar surface area (TPSA) is 20.2 Å². The van der Waals surface area contributed by atoms with Crippen LogP contribution in [0.1, 0.15) is 18.9 Å². The number of hydrogen-bond donors (Lipinski definition) is 1. The van der Waals surface area contributed by atoms with Gasteiger partial charge in [-0.05, 0) is 42.0 Å². The molecule has 1 rings (SSSR count). The Labute approximate surface area is 101 Å². The average Bonchev–Trinajstić information content (AvgIpc) is 2.18. The molecule has 0 aliphatic carbocycles. The number of halogens is 1. The highest BCUT2D eigenvalue weighted by molar-refractivity contribution is 7.99. The molecular weight excluding hydrogens is 228 g/mol. The van der Waals surface area contributed by atoms with Gasteiger partial charge in [-0.1, -0.05) is 30.7 Å². The maximum absolute atomic E-state index is 9.76. The predicted molar refractivity (Wildman–Crippen MR) is 68.8 cm³/mol. The van der Waals surface area contributed by atoms with E-state index in [1.807, 2.05) is 36.0 Å². The first kappa shape index (κ1) is 12.9. The molecule has 1 aromatic rings. The van der Waals surface area contributed by atoms with Gasteiger partial charge in [-0.15, -0.1) is 0 Å². The molecule has 0 amide bonds. The Morgan fingerprint density at radius 3 is 2.93 bits per heavy atom. The standard InChI is InChI=1S/C12H17ClOS/c1-2-15-7-6-12(14)9-10-4-3-5-11(13)8-10/h3-5,8,12,14H,2,6-7,9H2,1H3. The zero-order chi connectivity index (χ0) is 11.1. The lowest BCUT2D eigenvalue weighted by Crippen LogP contribution is -2.11. The van der Waals surface area contributed by atoms with Crippen molar-refractivity contribution in [3.63, 3.8) is 0 Å². The molecule has 1 aromatic carbocycles. The van der Waals surface area contributed by atoms with E-state index in [2.05, 4.69) is 6.92 Å². The summed E-state index contributed by atoms with van der Waals surface area (Å²) in [6.45, 7) is 2.13. The van der Waals surface area contributed by atoms with Crippen LogP contribution in [-0.2, 0) is 6.42 Å². The molecule has 1 N–H and O–H groups in total. The van der Waals surface area contributed by atoms with Crippen molar-refractivity contribution in [1.29, 1.82) is 0 Å². The highest BCUT2D eigenvalue weighted by atomic mass is 35.5. The molecule has 0 saturated carbocycles. The highest BCUT2D eigenvalue weighted by Crippen LogP contribution is 2.14. The summed E-state index contributed by atoms with van der Waals surface area (Å²) >= 11 is 7.73. The maximum atomic E-state index is 9.76. The molecule has 0 bridgehead atoms. The molecule has 0 saturated heterocycles. The molecule has 0 spiro atoms. The number of aliphatic hydroxyl groups excluding tert-OH is 1. The van der Waals surface area contributed by atoms with Gasteiger partial charge in [-0.3, -0.25) is 0 Å². The normalized spacial score (nSPS) is 12.7. The fraction of sp³-hybridized carbons (Fsp3) is 0.500. The molecule has 0 fully saturated rings. The van der Waals surface area contributed by atoms with Gasteiger partial charge in [0.2, 0.25) is 0 Å². The molecule has 1 atom stereocenters.